The molecule has 6 rings (SSSR count). The highest BCUT2D eigenvalue weighted by Gasteiger charge is 2.54. The lowest BCUT2D eigenvalue weighted by Crippen LogP contribution is -2.53. The van der Waals surface area contributed by atoms with Gasteiger partial charge in [-0.3, -0.25) is 9.59 Å². The fraction of sp³-hybridized carbons (Fsp3) is 0.680. The molecule has 1 heterocycles. The van der Waals surface area contributed by atoms with Crippen LogP contribution in [0.5, 0.6) is 0 Å². The van der Waals surface area contributed by atoms with Gasteiger partial charge in [0.05, 0.1) is 0 Å². The van der Waals surface area contributed by atoms with Crippen molar-refractivity contribution in [1.82, 2.24) is 10.6 Å². The molecule has 5 fully saturated rings. The maximum absolute atomic E-state index is 13.0. The highest BCUT2D eigenvalue weighted by molar-refractivity contribution is 5.84. The van der Waals surface area contributed by atoms with Gasteiger partial charge in [-0.1, -0.05) is 18.2 Å². The quantitative estimate of drug-likeness (QED) is 0.726. The maximum atomic E-state index is 13.0. The van der Waals surface area contributed by atoms with Crippen LogP contribution in [0.2, 0.25) is 0 Å². The second-order valence-corrected chi connectivity index (χ2v) is 10.4. The SMILES string of the molecule is O=C(CCNC(=O)C12CC3CC(CC(C3)C1)C2)NCC1CCN(c2ccccc2)C1. The molecule has 30 heavy (non-hydrogen) atoms. The van der Waals surface area contributed by atoms with E-state index in [0.29, 0.717) is 18.9 Å². The number of nitrogens with one attached hydrogen (secondary N) is 2. The van der Waals surface area contributed by atoms with E-state index in [1.165, 1.54) is 24.9 Å². The molecular weight excluding hydrogens is 374 g/mol. The molecule has 1 aromatic rings. The summed E-state index contributed by atoms with van der Waals surface area (Å²) in [6.45, 7) is 3.23. The number of amides is 2. The molecule has 4 aliphatic carbocycles. The minimum atomic E-state index is -0.115. The zero-order valence-electron chi connectivity index (χ0n) is 17.9. The Labute approximate surface area is 180 Å². The summed E-state index contributed by atoms with van der Waals surface area (Å²) >= 11 is 0. The zero-order valence-corrected chi connectivity index (χ0v) is 17.9. The van der Waals surface area contributed by atoms with E-state index >= 15 is 0 Å². The van der Waals surface area contributed by atoms with E-state index in [-0.39, 0.29) is 17.2 Å². The van der Waals surface area contributed by atoms with Gasteiger partial charge in [-0.15, -0.1) is 0 Å². The molecule has 5 nitrogen and oxygen atoms in total. The van der Waals surface area contributed by atoms with E-state index in [4.69, 9.17) is 0 Å². The predicted molar refractivity (Wildman–Crippen MR) is 118 cm³/mol. The third kappa shape index (κ3) is 4.08. The number of para-hydroxylation sites is 1. The van der Waals surface area contributed by atoms with Crippen LogP contribution in [-0.2, 0) is 9.59 Å². The van der Waals surface area contributed by atoms with Crippen molar-refractivity contribution in [3.63, 3.8) is 0 Å². The van der Waals surface area contributed by atoms with Crippen LogP contribution < -0.4 is 15.5 Å². The van der Waals surface area contributed by atoms with Gasteiger partial charge in [-0.25, -0.2) is 0 Å². The summed E-state index contributed by atoms with van der Waals surface area (Å²) in [7, 11) is 0. The lowest BCUT2D eigenvalue weighted by Gasteiger charge is -2.55. The zero-order chi connectivity index (χ0) is 20.6. The van der Waals surface area contributed by atoms with E-state index in [1.807, 2.05) is 6.07 Å². The molecule has 1 saturated heterocycles. The Morgan fingerprint density at radius 3 is 2.30 bits per heavy atom. The van der Waals surface area contributed by atoms with Crippen molar-refractivity contribution in [1.29, 1.82) is 0 Å². The first-order valence-electron chi connectivity index (χ1n) is 11.9. The number of benzene rings is 1. The fourth-order valence-electron chi connectivity index (χ4n) is 7.08. The molecule has 2 N–H and O–H groups in total. The molecule has 5 aliphatic rings. The van der Waals surface area contributed by atoms with Crippen molar-refractivity contribution < 1.29 is 9.59 Å². The Kier molecular flexibility index (Phi) is 5.46. The number of rotatable bonds is 7. The Morgan fingerprint density at radius 2 is 1.63 bits per heavy atom. The van der Waals surface area contributed by atoms with E-state index in [2.05, 4.69) is 39.8 Å². The van der Waals surface area contributed by atoms with Crippen LogP contribution in [0.15, 0.2) is 30.3 Å². The van der Waals surface area contributed by atoms with Gasteiger partial charge in [0.2, 0.25) is 11.8 Å². The van der Waals surface area contributed by atoms with Crippen LogP contribution in [0, 0.1) is 29.1 Å². The number of nitrogens with zero attached hydrogens (tertiary/aromatic N) is 1. The van der Waals surface area contributed by atoms with Gasteiger partial charge in [0, 0.05) is 43.7 Å². The third-order valence-corrected chi connectivity index (χ3v) is 8.15. The molecular formula is C25H35N3O2. The first kappa shape index (κ1) is 19.9. The van der Waals surface area contributed by atoms with Crippen molar-refractivity contribution in [3.8, 4) is 0 Å². The molecule has 0 aromatic heterocycles. The lowest BCUT2D eigenvalue weighted by molar-refractivity contribution is -0.146. The summed E-state index contributed by atoms with van der Waals surface area (Å²) in [6, 6.07) is 10.5. The molecule has 0 radical (unpaired) electrons. The van der Waals surface area contributed by atoms with Crippen LogP contribution in [0.4, 0.5) is 5.69 Å². The van der Waals surface area contributed by atoms with Crippen LogP contribution in [0.25, 0.3) is 0 Å². The van der Waals surface area contributed by atoms with Gasteiger partial charge in [0.1, 0.15) is 0 Å². The number of hydrogen-bond acceptors (Lipinski definition) is 3. The Balaban J connectivity index is 1.02. The Morgan fingerprint density at radius 1 is 0.967 bits per heavy atom. The van der Waals surface area contributed by atoms with E-state index in [9.17, 15) is 9.59 Å². The standard InChI is InChI=1S/C25H35N3O2/c29-23(27-16-18-7-9-28(17-18)22-4-2-1-3-5-22)6-8-26-24(30)25-13-19-10-20(14-25)12-21(11-19)15-25/h1-5,18-21H,6-17H2,(H,26,30)(H,27,29). The first-order chi connectivity index (χ1) is 14.6. The molecule has 1 aromatic carbocycles. The average molecular weight is 410 g/mol. The van der Waals surface area contributed by atoms with Crippen LogP contribution in [0.3, 0.4) is 0 Å². The molecule has 5 heteroatoms. The lowest BCUT2D eigenvalue weighted by atomic mass is 9.49. The molecule has 4 bridgehead atoms. The van der Waals surface area contributed by atoms with Crippen LogP contribution in [-0.4, -0.2) is 38.0 Å². The van der Waals surface area contributed by atoms with Gasteiger partial charge in [0.15, 0.2) is 0 Å². The summed E-state index contributed by atoms with van der Waals surface area (Å²) in [5.74, 6) is 3.09. The molecule has 0 spiro atoms. The monoisotopic (exact) mass is 409 g/mol. The molecule has 162 valence electrons. The molecule has 1 aliphatic heterocycles. The summed E-state index contributed by atoms with van der Waals surface area (Å²) in [5.41, 5.74) is 1.15. The minimum Gasteiger partial charge on any atom is -0.371 e. The normalized spacial score (nSPS) is 34.2. The van der Waals surface area contributed by atoms with E-state index < -0.39 is 0 Å². The van der Waals surface area contributed by atoms with E-state index in [1.54, 1.807) is 0 Å². The number of carbonyl (C=O) groups is 2. The van der Waals surface area contributed by atoms with Gasteiger partial charge >= 0.3 is 0 Å². The van der Waals surface area contributed by atoms with Crippen molar-refractivity contribution in [3.05, 3.63) is 30.3 Å². The molecule has 1 atom stereocenters. The summed E-state index contributed by atoms with van der Waals surface area (Å²) in [5, 5.41) is 6.21. The van der Waals surface area contributed by atoms with Crippen molar-refractivity contribution >= 4 is 17.5 Å². The average Bonchev–Trinajstić information content (AvgIpc) is 3.21. The van der Waals surface area contributed by atoms with Crippen LogP contribution >= 0.6 is 0 Å². The molecule has 1 unspecified atom stereocenters. The van der Waals surface area contributed by atoms with Gasteiger partial charge in [0.25, 0.3) is 0 Å². The van der Waals surface area contributed by atoms with Crippen LogP contribution in [0.1, 0.15) is 51.4 Å². The smallest absolute Gasteiger partial charge is 0.226 e. The summed E-state index contributed by atoms with van der Waals surface area (Å²) in [6.07, 6.45) is 8.77. The number of carbonyl (C=O) groups excluding carboxylic acids is 2. The highest BCUT2D eigenvalue weighted by atomic mass is 16.2. The second kappa shape index (κ2) is 8.24. The van der Waals surface area contributed by atoms with E-state index in [0.717, 1.165) is 63.1 Å². The largest absolute Gasteiger partial charge is 0.371 e. The molecule has 2 amide bonds. The van der Waals surface area contributed by atoms with Gasteiger partial charge in [-0.05, 0) is 80.8 Å². The minimum absolute atomic E-state index is 0.0546. The van der Waals surface area contributed by atoms with Gasteiger partial charge < -0.3 is 15.5 Å². The Bertz CT molecular complexity index is 743. The summed E-state index contributed by atoms with van der Waals surface area (Å²) in [4.78, 5) is 27.7. The fourth-order valence-corrected chi connectivity index (χ4v) is 7.08. The summed E-state index contributed by atoms with van der Waals surface area (Å²) < 4.78 is 0. The maximum Gasteiger partial charge on any atom is 0.226 e. The third-order valence-electron chi connectivity index (χ3n) is 8.15. The van der Waals surface area contributed by atoms with Crippen molar-refractivity contribution in [2.45, 2.75) is 51.4 Å². The highest BCUT2D eigenvalue weighted by Crippen LogP contribution is 2.60. The Hall–Kier alpha value is -2.04. The number of hydrogen-bond donors (Lipinski definition) is 2. The number of anilines is 1. The molecule has 4 saturated carbocycles. The topological polar surface area (TPSA) is 61.4 Å². The van der Waals surface area contributed by atoms with Gasteiger partial charge in [-0.2, -0.15) is 0 Å². The van der Waals surface area contributed by atoms with Crippen molar-refractivity contribution in [2.24, 2.45) is 29.1 Å². The predicted octanol–water partition coefficient (Wildman–Crippen LogP) is 3.35. The first-order valence-corrected chi connectivity index (χ1v) is 11.9. The second-order valence-electron chi connectivity index (χ2n) is 10.4. The van der Waals surface area contributed by atoms with Crippen molar-refractivity contribution in [2.75, 3.05) is 31.1 Å².